The summed E-state index contributed by atoms with van der Waals surface area (Å²) in [4.78, 5) is 1.22. The highest BCUT2D eigenvalue weighted by molar-refractivity contribution is 7.16. The monoisotopic (exact) mass is 235 g/mol. The number of hydrogen-bond donors (Lipinski definition) is 3. The van der Waals surface area contributed by atoms with Crippen LogP contribution in [0.25, 0.3) is 0 Å². The Labute approximate surface area is 92.3 Å². The molecule has 0 fully saturated rings. The van der Waals surface area contributed by atoms with Crippen molar-refractivity contribution in [3.05, 3.63) is 21.3 Å². The van der Waals surface area contributed by atoms with E-state index >= 15 is 0 Å². The molecule has 0 saturated heterocycles. The van der Waals surface area contributed by atoms with Crippen molar-refractivity contribution in [2.45, 2.75) is 12.5 Å². The number of halogens is 1. The largest absolute Gasteiger partial charge is 0.394 e. The summed E-state index contributed by atoms with van der Waals surface area (Å²) in [5, 5.41) is 20.6. The molecule has 0 aliphatic heterocycles. The maximum atomic E-state index is 9.03. The molecule has 80 valence electrons. The third kappa shape index (κ3) is 4.39. The smallest absolute Gasteiger partial charge is 0.0931 e. The first-order valence-electron chi connectivity index (χ1n) is 4.46. The van der Waals surface area contributed by atoms with Crippen LogP contribution in [0.5, 0.6) is 0 Å². The zero-order chi connectivity index (χ0) is 10.4. The molecule has 0 aromatic carbocycles. The average molecular weight is 236 g/mol. The van der Waals surface area contributed by atoms with Crippen LogP contribution in [-0.4, -0.2) is 36.0 Å². The minimum Gasteiger partial charge on any atom is -0.394 e. The zero-order valence-electron chi connectivity index (χ0n) is 7.74. The summed E-state index contributed by atoms with van der Waals surface area (Å²) in [5.74, 6) is 0. The summed E-state index contributed by atoms with van der Waals surface area (Å²) in [6, 6.07) is 3.88. The van der Waals surface area contributed by atoms with Crippen molar-refractivity contribution in [3.8, 4) is 0 Å². The number of aliphatic hydroxyl groups excluding tert-OH is 2. The van der Waals surface area contributed by atoms with Crippen LogP contribution in [0.4, 0.5) is 0 Å². The maximum Gasteiger partial charge on any atom is 0.0931 e. The lowest BCUT2D eigenvalue weighted by molar-refractivity contribution is 0.0947. The van der Waals surface area contributed by atoms with Crippen molar-refractivity contribution in [2.75, 3.05) is 19.7 Å². The van der Waals surface area contributed by atoms with Gasteiger partial charge in [-0.25, -0.2) is 0 Å². The maximum absolute atomic E-state index is 9.03. The second-order valence-electron chi connectivity index (χ2n) is 3.00. The second kappa shape index (κ2) is 6.37. The molecular weight excluding hydrogens is 222 g/mol. The molecule has 3 N–H and O–H groups in total. The van der Waals surface area contributed by atoms with Crippen molar-refractivity contribution in [2.24, 2.45) is 0 Å². The lowest BCUT2D eigenvalue weighted by atomic mass is 10.3. The predicted molar refractivity (Wildman–Crippen MR) is 59.0 cm³/mol. The van der Waals surface area contributed by atoms with Gasteiger partial charge in [0, 0.05) is 18.0 Å². The highest BCUT2D eigenvalue weighted by Gasteiger charge is 2.01. The Morgan fingerprint density at radius 2 is 2.29 bits per heavy atom. The van der Waals surface area contributed by atoms with E-state index in [1.807, 2.05) is 12.1 Å². The van der Waals surface area contributed by atoms with Gasteiger partial charge in [0.05, 0.1) is 17.0 Å². The first-order chi connectivity index (χ1) is 6.72. The van der Waals surface area contributed by atoms with E-state index in [9.17, 15) is 0 Å². The normalized spacial score (nSPS) is 13.1. The molecule has 0 bridgehead atoms. The highest BCUT2D eigenvalue weighted by atomic mass is 35.5. The fourth-order valence-electron chi connectivity index (χ4n) is 1.03. The van der Waals surface area contributed by atoms with Crippen LogP contribution < -0.4 is 5.32 Å². The molecule has 14 heavy (non-hydrogen) atoms. The standard InChI is InChI=1S/C9H14ClNO2S/c10-9-2-1-8(14-9)3-4-11-5-7(13)6-12/h1-2,7,11-13H,3-6H2. The van der Waals surface area contributed by atoms with Gasteiger partial charge in [-0.2, -0.15) is 0 Å². The molecule has 1 aromatic rings. The molecule has 5 heteroatoms. The van der Waals surface area contributed by atoms with Gasteiger partial charge in [0.25, 0.3) is 0 Å². The van der Waals surface area contributed by atoms with E-state index in [1.165, 1.54) is 4.88 Å². The fraction of sp³-hybridized carbons (Fsp3) is 0.556. The summed E-state index contributed by atoms with van der Waals surface area (Å²) < 4.78 is 0.801. The van der Waals surface area contributed by atoms with Crippen LogP contribution in [0, 0.1) is 0 Å². The minimum absolute atomic E-state index is 0.197. The summed E-state index contributed by atoms with van der Waals surface area (Å²) >= 11 is 7.34. The Hall–Kier alpha value is -0.130. The van der Waals surface area contributed by atoms with Crippen molar-refractivity contribution >= 4 is 22.9 Å². The summed E-state index contributed by atoms with van der Waals surface area (Å²) in [7, 11) is 0. The number of aliphatic hydroxyl groups is 2. The summed E-state index contributed by atoms with van der Waals surface area (Å²) in [6.45, 7) is 1.02. The van der Waals surface area contributed by atoms with E-state index in [-0.39, 0.29) is 6.61 Å². The minimum atomic E-state index is -0.665. The van der Waals surface area contributed by atoms with E-state index < -0.39 is 6.10 Å². The summed E-state index contributed by atoms with van der Waals surface area (Å²) in [6.07, 6.45) is 0.233. The van der Waals surface area contributed by atoms with Crippen LogP contribution in [0.15, 0.2) is 12.1 Å². The highest BCUT2D eigenvalue weighted by Crippen LogP contribution is 2.21. The Morgan fingerprint density at radius 3 is 2.86 bits per heavy atom. The molecule has 1 heterocycles. The van der Waals surface area contributed by atoms with Gasteiger partial charge in [0.2, 0.25) is 0 Å². The molecular formula is C9H14ClNO2S. The molecule has 1 unspecified atom stereocenters. The predicted octanol–water partition coefficient (Wildman–Crippen LogP) is 0.887. The van der Waals surface area contributed by atoms with Crippen LogP contribution >= 0.6 is 22.9 Å². The van der Waals surface area contributed by atoms with Gasteiger partial charge in [-0.3, -0.25) is 0 Å². The summed E-state index contributed by atoms with van der Waals surface area (Å²) in [5.41, 5.74) is 0. The fourth-order valence-corrected chi connectivity index (χ4v) is 2.12. The molecule has 0 amide bonds. The lowest BCUT2D eigenvalue weighted by Crippen LogP contribution is -2.30. The van der Waals surface area contributed by atoms with E-state index in [1.54, 1.807) is 11.3 Å². The van der Waals surface area contributed by atoms with Crippen molar-refractivity contribution in [1.29, 1.82) is 0 Å². The number of hydrogen-bond acceptors (Lipinski definition) is 4. The zero-order valence-corrected chi connectivity index (χ0v) is 9.31. The molecule has 0 aliphatic carbocycles. The quantitative estimate of drug-likeness (QED) is 0.642. The van der Waals surface area contributed by atoms with E-state index in [0.29, 0.717) is 6.54 Å². The third-order valence-electron chi connectivity index (χ3n) is 1.77. The number of nitrogens with one attached hydrogen (secondary N) is 1. The first kappa shape index (κ1) is 11.9. The van der Waals surface area contributed by atoms with Gasteiger partial charge >= 0.3 is 0 Å². The van der Waals surface area contributed by atoms with Crippen molar-refractivity contribution in [1.82, 2.24) is 5.32 Å². The van der Waals surface area contributed by atoms with Crippen molar-refractivity contribution in [3.63, 3.8) is 0 Å². The Morgan fingerprint density at radius 1 is 1.50 bits per heavy atom. The van der Waals surface area contributed by atoms with Gasteiger partial charge in [0.1, 0.15) is 0 Å². The molecule has 0 radical (unpaired) electrons. The van der Waals surface area contributed by atoms with E-state index in [0.717, 1.165) is 17.3 Å². The molecule has 1 atom stereocenters. The molecule has 0 aliphatic rings. The van der Waals surface area contributed by atoms with Crippen LogP contribution in [0.3, 0.4) is 0 Å². The van der Waals surface area contributed by atoms with E-state index in [4.69, 9.17) is 21.8 Å². The number of thiophene rings is 1. The van der Waals surface area contributed by atoms with Crippen molar-refractivity contribution < 1.29 is 10.2 Å². The molecule has 1 rings (SSSR count). The molecule has 0 spiro atoms. The van der Waals surface area contributed by atoms with Gasteiger partial charge in [0.15, 0.2) is 0 Å². The van der Waals surface area contributed by atoms with Crippen LogP contribution in [0.2, 0.25) is 4.34 Å². The Kier molecular flexibility index (Phi) is 5.44. The lowest BCUT2D eigenvalue weighted by Gasteiger charge is -2.07. The molecule has 3 nitrogen and oxygen atoms in total. The average Bonchev–Trinajstić information content (AvgIpc) is 2.58. The van der Waals surface area contributed by atoms with Gasteiger partial charge < -0.3 is 15.5 Å². The van der Waals surface area contributed by atoms with Crippen LogP contribution in [-0.2, 0) is 6.42 Å². The Bertz CT molecular complexity index is 267. The van der Waals surface area contributed by atoms with Gasteiger partial charge in [-0.15, -0.1) is 11.3 Å². The molecule has 0 saturated carbocycles. The van der Waals surface area contributed by atoms with Crippen LogP contribution in [0.1, 0.15) is 4.88 Å². The third-order valence-corrected chi connectivity index (χ3v) is 3.06. The van der Waals surface area contributed by atoms with Gasteiger partial charge in [-0.05, 0) is 18.6 Å². The van der Waals surface area contributed by atoms with Gasteiger partial charge in [-0.1, -0.05) is 11.6 Å². The molecule has 1 aromatic heterocycles. The second-order valence-corrected chi connectivity index (χ2v) is 4.80. The topological polar surface area (TPSA) is 52.5 Å². The SMILES string of the molecule is OCC(O)CNCCc1ccc(Cl)s1. The van der Waals surface area contributed by atoms with E-state index in [2.05, 4.69) is 5.32 Å². The first-order valence-corrected chi connectivity index (χ1v) is 5.65. The number of rotatable bonds is 6. The Balaban J connectivity index is 2.10.